The molecule has 2 atom stereocenters. The molecular formula is C23H39N5O. The van der Waals surface area contributed by atoms with Crippen molar-refractivity contribution < 1.29 is 4.74 Å². The number of unbranched alkanes of at least 4 members (excludes halogenated alkanes) is 3. The molecule has 3 aliphatic heterocycles. The SMILES string of the molecule is COCCCCCCN1CCC(c2cnc(N3C4CCC3CN(C)C4)nc2)CC1. The number of rotatable bonds is 9. The Morgan fingerprint density at radius 3 is 2.24 bits per heavy atom. The second-order valence-corrected chi connectivity index (χ2v) is 9.35. The van der Waals surface area contributed by atoms with Crippen molar-refractivity contribution in [3.63, 3.8) is 0 Å². The molecule has 0 spiro atoms. The Balaban J connectivity index is 1.22. The molecule has 29 heavy (non-hydrogen) atoms. The van der Waals surface area contributed by atoms with E-state index in [1.54, 1.807) is 7.11 Å². The fraction of sp³-hybridized carbons (Fsp3) is 0.826. The zero-order valence-electron chi connectivity index (χ0n) is 18.4. The van der Waals surface area contributed by atoms with E-state index in [0.717, 1.165) is 25.6 Å². The highest BCUT2D eigenvalue weighted by molar-refractivity contribution is 5.38. The molecule has 0 amide bonds. The average molecular weight is 402 g/mol. The number of nitrogens with zero attached hydrogens (tertiary/aromatic N) is 5. The lowest BCUT2D eigenvalue weighted by Crippen LogP contribution is -2.53. The van der Waals surface area contributed by atoms with E-state index in [1.807, 2.05) is 0 Å². The number of fused-ring (bicyclic) bond motifs is 2. The van der Waals surface area contributed by atoms with Gasteiger partial charge in [0.15, 0.2) is 0 Å². The third kappa shape index (κ3) is 5.28. The molecule has 0 N–H and O–H groups in total. The number of likely N-dealkylation sites (tertiary alicyclic amines) is 2. The van der Waals surface area contributed by atoms with E-state index in [9.17, 15) is 0 Å². The summed E-state index contributed by atoms with van der Waals surface area (Å²) >= 11 is 0. The molecule has 162 valence electrons. The molecule has 0 saturated carbocycles. The van der Waals surface area contributed by atoms with Gasteiger partial charge in [0.1, 0.15) is 0 Å². The summed E-state index contributed by atoms with van der Waals surface area (Å²) in [5.74, 6) is 1.59. The summed E-state index contributed by atoms with van der Waals surface area (Å²) < 4.78 is 5.13. The van der Waals surface area contributed by atoms with Crippen LogP contribution in [0.1, 0.15) is 62.8 Å². The van der Waals surface area contributed by atoms with Gasteiger partial charge in [0.25, 0.3) is 0 Å². The molecule has 1 aromatic rings. The number of piperazine rings is 1. The van der Waals surface area contributed by atoms with Crippen molar-refractivity contribution in [3.05, 3.63) is 18.0 Å². The van der Waals surface area contributed by atoms with Crippen molar-refractivity contribution in [2.45, 2.75) is 69.4 Å². The molecule has 0 aromatic carbocycles. The molecule has 3 aliphatic rings. The van der Waals surface area contributed by atoms with Crippen LogP contribution in [0.5, 0.6) is 0 Å². The molecule has 2 unspecified atom stereocenters. The number of piperidine rings is 1. The highest BCUT2D eigenvalue weighted by Gasteiger charge is 2.40. The van der Waals surface area contributed by atoms with E-state index in [2.05, 4.69) is 34.1 Å². The van der Waals surface area contributed by atoms with E-state index in [1.165, 1.54) is 76.6 Å². The number of hydrogen-bond acceptors (Lipinski definition) is 6. The molecule has 6 nitrogen and oxygen atoms in total. The Morgan fingerprint density at radius 1 is 0.931 bits per heavy atom. The van der Waals surface area contributed by atoms with Crippen molar-refractivity contribution in [1.82, 2.24) is 19.8 Å². The first-order chi connectivity index (χ1) is 14.2. The van der Waals surface area contributed by atoms with Gasteiger partial charge in [-0.1, -0.05) is 12.8 Å². The molecule has 1 aromatic heterocycles. The van der Waals surface area contributed by atoms with Crippen molar-refractivity contribution >= 4 is 5.95 Å². The smallest absolute Gasteiger partial charge is 0.225 e. The maximum atomic E-state index is 5.13. The van der Waals surface area contributed by atoms with E-state index in [0.29, 0.717) is 18.0 Å². The third-order valence-corrected chi connectivity index (χ3v) is 7.19. The van der Waals surface area contributed by atoms with Gasteiger partial charge in [-0.2, -0.15) is 0 Å². The summed E-state index contributed by atoms with van der Waals surface area (Å²) in [5, 5.41) is 0. The third-order valence-electron chi connectivity index (χ3n) is 7.19. The quantitative estimate of drug-likeness (QED) is 0.593. The predicted octanol–water partition coefficient (Wildman–Crippen LogP) is 3.15. The summed E-state index contributed by atoms with van der Waals surface area (Å²) in [7, 11) is 4.03. The topological polar surface area (TPSA) is 44.7 Å². The Bertz CT molecular complexity index is 602. The average Bonchev–Trinajstić information content (AvgIpc) is 3.02. The lowest BCUT2D eigenvalue weighted by molar-refractivity contribution is 0.188. The lowest BCUT2D eigenvalue weighted by Gasteiger charge is -2.39. The van der Waals surface area contributed by atoms with Crippen LogP contribution in [0, 0.1) is 0 Å². The number of ether oxygens (including phenoxy) is 1. The minimum Gasteiger partial charge on any atom is -0.385 e. The van der Waals surface area contributed by atoms with Crippen LogP contribution in [0.2, 0.25) is 0 Å². The minimum absolute atomic E-state index is 0.599. The highest BCUT2D eigenvalue weighted by atomic mass is 16.5. The number of methoxy groups -OCH3 is 1. The van der Waals surface area contributed by atoms with Gasteiger partial charge in [0.2, 0.25) is 5.95 Å². The molecule has 0 radical (unpaired) electrons. The van der Waals surface area contributed by atoms with E-state index in [-0.39, 0.29) is 0 Å². The van der Waals surface area contributed by atoms with Crippen LogP contribution in [0.3, 0.4) is 0 Å². The van der Waals surface area contributed by atoms with Crippen LogP contribution in [0.15, 0.2) is 12.4 Å². The van der Waals surface area contributed by atoms with Crippen LogP contribution in [-0.2, 0) is 4.74 Å². The number of likely N-dealkylation sites (N-methyl/N-ethyl adjacent to an activating group) is 1. The Labute approximate surface area is 176 Å². The highest BCUT2D eigenvalue weighted by Crippen LogP contribution is 2.33. The predicted molar refractivity (Wildman–Crippen MR) is 118 cm³/mol. The van der Waals surface area contributed by atoms with Crippen LogP contribution in [-0.4, -0.2) is 85.3 Å². The fourth-order valence-electron chi connectivity index (χ4n) is 5.54. The first-order valence-electron chi connectivity index (χ1n) is 11.7. The van der Waals surface area contributed by atoms with Gasteiger partial charge in [-0.25, -0.2) is 9.97 Å². The maximum absolute atomic E-state index is 5.13. The van der Waals surface area contributed by atoms with Gasteiger partial charge < -0.3 is 19.4 Å². The van der Waals surface area contributed by atoms with Crippen LogP contribution >= 0.6 is 0 Å². The zero-order valence-corrected chi connectivity index (χ0v) is 18.4. The minimum atomic E-state index is 0.599. The standard InChI is InChI=1S/C23H39N5O/c1-26-17-21-7-8-22(18-26)28(21)23-24-15-20(16-25-23)19-9-12-27(13-10-19)11-5-3-4-6-14-29-2/h15-16,19,21-22H,3-14,17-18H2,1-2H3. The lowest BCUT2D eigenvalue weighted by atomic mass is 9.91. The van der Waals surface area contributed by atoms with Gasteiger partial charge >= 0.3 is 0 Å². The van der Waals surface area contributed by atoms with Gasteiger partial charge in [-0.05, 0) is 76.7 Å². The normalized spacial score (nSPS) is 26.3. The monoisotopic (exact) mass is 401 g/mol. The second kappa shape index (κ2) is 10.2. The Hall–Kier alpha value is -1.24. The molecule has 6 heteroatoms. The molecule has 2 bridgehead atoms. The maximum Gasteiger partial charge on any atom is 0.225 e. The largest absolute Gasteiger partial charge is 0.385 e. The summed E-state index contributed by atoms with van der Waals surface area (Å²) in [4.78, 5) is 17.2. The summed E-state index contributed by atoms with van der Waals surface area (Å²) in [6.07, 6.45) is 14.4. The van der Waals surface area contributed by atoms with Gasteiger partial charge in [-0.3, -0.25) is 0 Å². The van der Waals surface area contributed by atoms with Crippen molar-refractivity contribution in [1.29, 1.82) is 0 Å². The molecule has 0 aliphatic carbocycles. The molecule has 4 rings (SSSR count). The Morgan fingerprint density at radius 2 is 1.59 bits per heavy atom. The van der Waals surface area contributed by atoms with Crippen LogP contribution < -0.4 is 4.90 Å². The molecule has 3 fully saturated rings. The van der Waals surface area contributed by atoms with E-state index < -0.39 is 0 Å². The van der Waals surface area contributed by atoms with E-state index >= 15 is 0 Å². The number of aromatic nitrogens is 2. The van der Waals surface area contributed by atoms with Gasteiger partial charge in [0, 0.05) is 51.3 Å². The van der Waals surface area contributed by atoms with Gasteiger partial charge in [0.05, 0.1) is 0 Å². The van der Waals surface area contributed by atoms with Crippen molar-refractivity contribution in [3.8, 4) is 0 Å². The zero-order chi connectivity index (χ0) is 20.1. The number of anilines is 1. The van der Waals surface area contributed by atoms with E-state index in [4.69, 9.17) is 14.7 Å². The summed E-state index contributed by atoms with van der Waals surface area (Å²) in [6.45, 7) is 6.88. The van der Waals surface area contributed by atoms with Crippen molar-refractivity contribution in [2.75, 3.05) is 58.4 Å². The Kier molecular flexibility index (Phi) is 7.38. The second-order valence-electron chi connectivity index (χ2n) is 9.35. The van der Waals surface area contributed by atoms with Crippen molar-refractivity contribution in [2.24, 2.45) is 0 Å². The molecular weight excluding hydrogens is 362 g/mol. The van der Waals surface area contributed by atoms with Gasteiger partial charge in [-0.15, -0.1) is 0 Å². The first-order valence-corrected chi connectivity index (χ1v) is 11.7. The fourth-order valence-corrected chi connectivity index (χ4v) is 5.54. The number of hydrogen-bond donors (Lipinski definition) is 0. The molecule has 4 heterocycles. The first kappa shape index (κ1) is 21.0. The van der Waals surface area contributed by atoms with Crippen LogP contribution in [0.25, 0.3) is 0 Å². The summed E-state index contributed by atoms with van der Waals surface area (Å²) in [6, 6.07) is 1.20. The van der Waals surface area contributed by atoms with Crippen LogP contribution in [0.4, 0.5) is 5.95 Å². The molecule has 3 saturated heterocycles. The summed E-state index contributed by atoms with van der Waals surface area (Å²) in [5.41, 5.74) is 1.34.